The minimum Gasteiger partial charge on any atom is -0.411 e. The molecule has 0 radical (unpaired) electrons. The van der Waals surface area contributed by atoms with Gasteiger partial charge in [-0.1, -0.05) is 42.1 Å². The Morgan fingerprint density at radius 2 is 1.81 bits per heavy atom. The summed E-state index contributed by atoms with van der Waals surface area (Å²) in [6.07, 6.45) is -2.97. The Labute approximate surface area is 184 Å². The molecule has 4 rings (SSSR count). The van der Waals surface area contributed by atoms with E-state index >= 15 is 0 Å². The number of hydrogen-bond donors (Lipinski definition) is 1. The van der Waals surface area contributed by atoms with Crippen LogP contribution in [-0.2, 0) is 11.0 Å². The third-order valence-electron chi connectivity index (χ3n) is 4.48. The number of nitrogens with zero attached hydrogens (tertiary/aromatic N) is 4. The van der Waals surface area contributed by atoms with Gasteiger partial charge in [0.2, 0.25) is 5.91 Å². The van der Waals surface area contributed by atoms with Crippen LogP contribution < -0.4 is 5.32 Å². The highest BCUT2D eigenvalue weighted by Gasteiger charge is 2.33. The molecule has 0 unspecified atom stereocenters. The van der Waals surface area contributed by atoms with E-state index < -0.39 is 17.6 Å². The zero-order valence-electron chi connectivity index (χ0n) is 16.6. The molecular formula is C21H16F3N5O2S. The summed E-state index contributed by atoms with van der Waals surface area (Å²) in [5, 5.41) is 14.6. The molecule has 0 aliphatic heterocycles. The molecule has 4 aromatic rings. The van der Waals surface area contributed by atoms with Gasteiger partial charge in [0.15, 0.2) is 0 Å². The van der Waals surface area contributed by atoms with E-state index in [1.54, 1.807) is 10.9 Å². The second kappa shape index (κ2) is 8.87. The first-order chi connectivity index (χ1) is 15.3. The minimum atomic E-state index is -4.57. The lowest BCUT2D eigenvalue weighted by Crippen LogP contribution is -2.18. The van der Waals surface area contributed by atoms with E-state index in [1.807, 2.05) is 37.3 Å². The first-order valence-corrected chi connectivity index (χ1v) is 10.3. The van der Waals surface area contributed by atoms with Crippen LogP contribution in [0.1, 0.15) is 11.3 Å². The van der Waals surface area contributed by atoms with E-state index in [0.717, 1.165) is 29.2 Å². The van der Waals surface area contributed by atoms with Crippen LogP contribution in [0.4, 0.5) is 18.9 Å². The average Bonchev–Trinajstić information content (AvgIpc) is 3.39. The van der Waals surface area contributed by atoms with Crippen LogP contribution in [-0.4, -0.2) is 31.6 Å². The number of rotatable bonds is 6. The Kier molecular flexibility index (Phi) is 5.99. The fourth-order valence-electron chi connectivity index (χ4n) is 2.98. The van der Waals surface area contributed by atoms with E-state index in [9.17, 15) is 18.0 Å². The third-order valence-corrected chi connectivity index (χ3v) is 5.30. The molecule has 1 amide bonds. The summed E-state index contributed by atoms with van der Waals surface area (Å²) in [7, 11) is 0. The maximum Gasteiger partial charge on any atom is 0.418 e. The highest BCUT2D eigenvalue weighted by molar-refractivity contribution is 7.99. The molecule has 0 saturated carbocycles. The largest absolute Gasteiger partial charge is 0.418 e. The van der Waals surface area contributed by atoms with E-state index in [1.165, 1.54) is 18.2 Å². The number of amides is 1. The molecule has 0 fully saturated rings. The number of hydrogen-bond acceptors (Lipinski definition) is 6. The summed E-state index contributed by atoms with van der Waals surface area (Å²) in [6.45, 7) is 1.86. The van der Waals surface area contributed by atoms with Crippen molar-refractivity contribution < 1.29 is 22.4 Å². The van der Waals surface area contributed by atoms with Crippen molar-refractivity contribution in [2.45, 2.75) is 18.3 Å². The molecule has 32 heavy (non-hydrogen) atoms. The summed E-state index contributed by atoms with van der Waals surface area (Å²) in [5.74, 6) is -0.592. The van der Waals surface area contributed by atoms with E-state index in [-0.39, 0.29) is 22.6 Å². The van der Waals surface area contributed by atoms with Gasteiger partial charge in [-0.3, -0.25) is 4.79 Å². The van der Waals surface area contributed by atoms with Crippen molar-refractivity contribution in [2.75, 3.05) is 11.1 Å². The van der Waals surface area contributed by atoms with Crippen molar-refractivity contribution in [1.82, 2.24) is 20.0 Å². The van der Waals surface area contributed by atoms with Crippen molar-refractivity contribution >= 4 is 23.4 Å². The number of benzene rings is 2. The lowest BCUT2D eigenvalue weighted by Gasteiger charge is -2.13. The quantitative estimate of drug-likeness (QED) is 0.409. The maximum atomic E-state index is 13.1. The highest BCUT2D eigenvalue weighted by atomic mass is 32.2. The monoisotopic (exact) mass is 459 g/mol. The van der Waals surface area contributed by atoms with Crippen molar-refractivity contribution in [2.24, 2.45) is 0 Å². The number of aromatic nitrogens is 4. The Morgan fingerprint density at radius 3 is 2.56 bits per heavy atom. The Morgan fingerprint density at radius 1 is 1.09 bits per heavy atom. The molecule has 0 aliphatic carbocycles. The van der Waals surface area contributed by atoms with Crippen LogP contribution in [0.2, 0.25) is 0 Å². The van der Waals surface area contributed by atoms with Crippen LogP contribution in [0.3, 0.4) is 0 Å². The number of nitrogens with one attached hydrogen (secondary N) is 1. The third kappa shape index (κ3) is 4.67. The summed E-state index contributed by atoms with van der Waals surface area (Å²) >= 11 is 0.925. The van der Waals surface area contributed by atoms with Gasteiger partial charge < -0.3 is 9.73 Å². The zero-order chi connectivity index (χ0) is 22.7. The average molecular weight is 459 g/mol. The predicted molar refractivity (Wildman–Crippen MR) is 112 cm³/mol. The lowest BCUT2D eigenvalue weighted by atomic mass is 10.1. The topological polar surface area (TPSA) is 85.8 Å². The van der Waals surface area contributed by atoms with Crippen molar-refractivity contribution in [3.05, 3.63) is 72.1 Å². The first-order valence-electron chi connectivity index (χ1n) is 9.36. The molecule has 1 N–H and O–H groups in total. The van der Waals surface area contributed by atoms with Gasteiger partial charge in [0.25, 0.3) is 11.1 Å². The first kappa shape index (κ1) is 21.6. The summed E-state index contributed by atoms with van der Waals surface area (Å²) in [4.78, 5) is 12.2. The predicted octanol–water partition coefficient (Wildman–Crippen LogP) is 4.98. The molecule has 2 heterocycles. The zero-order valence-corrected chi connectivity index (χ0v) is 17.4. The second-order valence-electron chi connectivity index (χ2n) is 6.64. The van der Waals surface area contributed by atoms with Crippen LogP contribution >= 0.6 is 11.8 Å². The molecule has 164 valence electrons. The van der Waals surface area contributed by atoms with Crippen molar-refractivity contribution in [3.8, 4) is 17.1 Å². The lowest BCUT2D eigenvalue weighted by molar-refractivity contribution is -0.137. The van der Waals surface area contributed by atoms with Gasteiger partial charge in [0, 0.05) is 0 Å². The second-order valence-corrected chi connectivity index (χ2v) is 7.57. The van der Waals surface area contributed by atoms with Gasteiger partial charge in [-0.05, 0) is 31.2 Å². The molecule has 7 nitrogen and oxygen atoms in total. The van der Waals surface area contributed by atoms with Crippen LogP contribution in [0.5, 0.6) is 0 Å². The Bertz CT molecular complexity index is 1240. The molecule has 2 aromatic heterocycles. The summed E-state index contributed by atoms with van der Waals surface area (Å²) in [5.41, 5.74) is 1.08. The number of para-hydroxylation sites is 2. The van der Waals surface area contributed by atoms with Gasteiger partial charge in [0.05, 0.1) is 40.1 Å². The smallest absolute Gasteiger partial charge is 0.411 e. The summed E-state index contributed by atoms with van der Waals surface area (Å²) in [6, 6.07) is 14.3. The Balaban J connectivity index is 1.42. The standard InChI is InChI=1S/C21H16F3N5O2S/c1-13-15(11-25-29(13)14-7-3-2-4-8-14)19-27-28-20(31-19)32-12-18(30)26-17-10-6-5-9-16(17)21(22,23)24/h2-11H,12H2,1H3,(H,26,30). The number of anilines is 1. The van der Waals surface area contributed by atoms with Crippen LogP contribution in [0, 0.1) is 6.92 Å². The molecule has 0 spiro atoms. The Hall–Kier alpha value is -3.60. The molecule has 0 bridgehead atoms. The van der Waals surface area contributed by atoms with Crippen molar-refractivity contribution in [1.29, 1.82) is 0 Å². The highest BCUT2D eigenvalue weighted by Crippen LogP contribution is 2.34. The van der Waals surface area contributed by atoms with Gasteiger partial charge >= 0.3 is 6.18 Å². The van der Waals surface area contributed by atoms with Crippen LogP contribution in [0.15, 0.2) is 70.4 Å². The van der Waals surface area contributed by atoms with Crippen molar-refractivity contribution in [3.63, 3.8) is 0 Å². The minimum absolute atomic E-state index is 0.117. The number of carbonyl (C=O) groups is 1. The van der Waals surface area contributed by atoms with Gasteiger partial charge in [-0.15, -0.1) is 10.2 Å². The number of alkyl halides is 3. The normalized spacial score (nSPS) is 11.5. The van der Waals surface area contributed by atoms with E-state index in [0.29, 0.717) is 5.56 Å². The number of thioether (sulfide) groups is 1. The summed E-state index contributed by atoms with van der Waals surface area (Å²) < 4.78 is 46.5. The SMILES string of the molecule is Cc1c(-c2nnc(SCC(=O)Nc3ccccc3C(F)(F)F)o2)cnn1-c1ccccc1. The van der Waals surface area contributed by atoms with Gasteiger partial charge in [-0.25, -0.2) is 4.68 Å². The molecule has 0 aliphatic rings. The molecule has 11 heteroatoms. The van der Waals surface area contributed by atoms with Crippen LogP contribution in [0.25, 0.3) is 17.1 Å². The molecule has 0 atom stereocenters. The van der Waals surface area contributed by atoms with E-state index in [4.69, 9.17) is 4.42 Å². The number of halogens is 3. The molecule has 0 saturated heterocycles. The van der Waals surface area contributed by atoms with Gasteiger partial charge in [0.1, 0.15) is 0 Å². The molecular weight excluding hydrogens is 443 g/mol. The molecule has 2 aromatic carbocycles. The van der Waals surface area contributed by atoms with E-state index in [2.05, 4.69) is 20.6 Å². The van der Waals surface area contributed by atoms with Gasteiger partial charge in [-0.2, -0.15) is 18.3 Å². The maximum absolute atomic E-state index is 13.1. The fraction of sp³-hybridized carbons (Fsp3) is 0.143. The number of carbonyl (C=O) groups excluding carboxylic acids is 1. The fourth-order valence-corrected chi connectivity index (χ4v) is 3.54.